The van der Waals surface area contributed by atoms with E-state index in [-0.39, 0.29) is 21.0 Å². The van der Waals surface area contributed by atoms with Gasteiger partial charge in [-0.15, -0.1) is 11.3 Å². The number of thiophene rings is 1. The van der Waals surface area contributed by atoms with Crippen LogP contribution in [-0.4, -0.2) is 11.1 Å². The Kier molecular flexibility index (Phi) is 3.28. The Labute approximate surface area is 112 Å². The lowest BCUT2D eigenvalue weighted by molar-refractivity contribution is 0.0703. The van der Waals surface area contributed by atoms with Crippen molar-refractivity contribution >= 4 is 23.0 Å². The molecule has 0 saturated heterocycles. The largest absolute Gasteiger partial charge is 0.477 e. The quantitative estimate of drug-likeness (QED) is 0.885. The molecule has 0 spiro atoms. The molecule has 0 amide bonds. The summed E-state index contributed by atoms with van der Waals surface area (Å²) in [7, 11) is 0. The maximum absolute atomic E-state index is 14.0. The second-order valence-corrected chi connectivity index (χ2v) is 5.18. The number of hydrogen-bond acceptors (Lipinski definition) is 3. The van der Waals surface area contributed by atoms with Crippen molar-refractivity contribution in [2.45, 2.75) is 13.8 Å². The summed E-state index contributed by atoms with van der Waals surface area (Å²) in [5, 5.41) is 8.99. The van der Waals surface area contributed by atoms with Crippen LogP contribution in [0.15, 0.2) is 12.1 Å². The Hall–Kier alpha value is -1.95. The smallest absolute Gasteiger partial charge is 0.348 e. The van der Waals surface area contributed by atoms with Gasteiger partial charge in [0.15, 0.2) is 0 Å². The monoisotopic (exact) mass is 283 g/mol. The highest BCUT2D eigenvalue weighted by molar-refractivity contribution is 7.18. The molecule has 0 atom stereocenters. The van der Waals surface area contributed by atoms with Gasteiger partial charge in [-0.05, 0) is 31.0 Å². The summed E-state index contributed by atoms with van der Waals surface area (Å²) in [6, 6.07) is 2.49. The molecule has 0 radical (unpaired) electrons. The maximum atomic E-state index is 14.0. The number of aryl methyl sites for hydroxylation is 1. The summed E-state index contributed by atoms with van der Waals surface area (Å²) in [5.41, 5.74) is 6.16. The molecule has 0 fully saturated rings. The summed E-state index contributed by atoms with van der Waals surface area (Å²) in [4.78, 5) is 11.1. The molecule has 100 valence electrons. The first kappa shape index (κ1) is 13.5. The van der Waals surface area contributed by atoms with Crippen molar-refractivity contribution in [1.82, 2.24) is 0 Å². The minimum Gasteiger partial charge on any atom is -0.477 e. The number of aromatic carboxylic acids is 1. The van der Waals surface area contributed by atoms with Gasteiger partial charge in [-0.3, -0.25) is 0 Å². The zero-order valence-electron chi connectivity index (χ0n) is 10.3. The zero-order chi connectivity index (χ0) is 14.3. The lowest BCUT2D eigenvalue weighted by Gasteiger charge is -2.06. The van der Waals surface area contributed by atoms with E-state index in [1.165, 1.54) is 13.0 Å². The van der Waals surface area contributed by atoms with Crippen molar-refractivity contribution in [2.75, 3.05) is 5.73 Å². The van der Waals surface area contributed by atoms with Gasteiger partial charge in [-0.1, -0.05) is 6.07 Å². The van der Waals surface area contributed by atoms with E-state index in [1.807, 2.05) is 0 Å². The highest BCUT2D eigenvalue weighted by Crippen LogP contribution is 2.40. The molecule has 3 nitrogen and oxygen atoms in total. The topological polar surface area (TPSA) is 63.3 Å². The number of anilines is 1. The number of hydrogen-bond donors (Lipinski definition) is 2. The fourth-order valence-electron chi connectivity index (χ4n) is 1.79. The number of carboxylic acid groups (broad SMARTS) is 1. The van der Waals surface area contributed by atoms with Crippen LogP contribution >= 0.6 is 11.3 Å². The summed E-state index contributed by atoms with van der Waals surface area (Å²) in [6.07, 6.45) is 0. The van der Waals surface area contributed by atoms with E-state index < -0.39 is 17.6 Å². The summed E-state index contributed by atoms with van der Waals surface area (Å²) in [6.45, 7) is 3.07. The van der Waals surface area contributed by atoms with Crippen LogP contribution in [-0.2, 0) is 0 Å². The van der Waals surface area contributed by atoms with Crippen molar-refractivity contribution in [1.29, 1.82) is 0 Å². The van der Waals surface area contributed by atoms with E-state index in [9.17, 15) is 13.6 Å². The predicted octanol–water partition coefficient (Wildman–Crippen LogP) is 3.59. The third kappa shape index (κ3) is 2.08. The highest BCUT2D eigenvalue weighted by atomic mass is 32.1. The molecule has 0 saturated carbocycles. The lowest BCUT2D eigenvalue weighted by Crippen LogP contribution is -1.98. The molecule has 0 bridgehead atoms. The van der Waals surface area contributed by atoms with Crippen molar-refractivity contribution in [3.05, 3.63) is 39.8 Å². The Morgan fingerprint density at radius 2 is 1.95 bits per heavy atom. The molecule has 19 heavy (non-hydrogen) atoms. The molecule has 6 heteroatoms. The van der Waals surface area contributed by atoms with Gasteiger partial charge in [-0.25, -0.2) is 13.6 Å². The van der Waals surface area contributed by atoms with Gasteiger partial charge in [0.1, 0.15) is 16.5 Å². The summed E-state index contributed by atoms with van der Waals surface area (Å²) < 4.78 is 27.9. The average molecular weight is 283 g/mol. The van der Waals surface area contributed by atoms with E-state index >= 15 is 0 Å². The SMILES string of the molecule is Cc1ccc(F)c(-c2sc(C(=O)O)c(N)c2C)c1F. The van der Waals surface area contributed by atoms with Gasteiger partial charge >= 0.3 is 5.97 Å². The van der Waals surface area contributed by atoms with Gasteiger partial charge in [0.05, 0.1) is 11.3 Å². The van der Waals surface area contributed by atoms with Crippen LogP contribution in [0.4, 0.5) is 14.5 Å². The van der Waals surface area contributed by atoms with Crippen molar-refractivity contribution in [3.8, 4) is 10.4 Å². The first-order valence-corrected chi connectivity index (χ1v) is 6.23. The van der Waals surface area contributed by atoms with E-state index in [0.29, 0.717) is 11.1 Å². The van der Waals surface area contributed by atoms with Crippen LogP contribution < -0.4 is 5.73 Å². The second kappa shape index (κ2) is 4.62. The third-order valence-electron chi connectivity index (χ3n) is 2.90. The first-order valence-electron chi connectivity index (χ1n) is 5.41. The number of nitrogens with two attached hydrogens (primary N) is 1. The normalized spacial score (nSPS) is 10.7. The molecule has 0 aliphatic rings. The van der Waals surface area contributed by atoms with Crippen molar-refractivity contribution in [3.63, 3.8) is 0 Å². The van der Waals surface area contributed by atoms with E-state index in [0.717, 1.165) is 17.4 Å². The van der Waals surface area contributed by atoms with Crippen LogP contribution in [0.5, 0.6) is 0 Å². The maximum Gasteiger partial charge on any atom is 0.348 e. The minimum absolute atomic E-state index is 0.0489. The first-order chi connectivity index (χ1) is 8.84. The Bertz CT molecular complexity index is 680. The van der Waals surface area contributed by atoms with Crippen LogP contribution in [0.1, 0.15) is 20.8 Å². The zero-order valence-corrected chi connectivity index (χ0v) is 11.1. The second-order valence-electron chi connectivity index (χ2n) is 4.16. The fraction of sp³-hybridized carbons (Fsp3) is 0.154. The number of rotatable bonds is 2. The molecule has 0 aliphatic carbocycles. The fourth-order valence-corrected chi connectivity index (χ4v) is 2.90. The third-order valence-corrected chi connectivity index (χ3v) is 4.21. The molecule has 0 unspecified atom stereocenters. The van der Waals surface area contributed by atoms with Crippen LogP contribution in [0, 0.1) is 25.5 Å². The number of nitrogen functional groups attached to an aromatic ring is 1. The Morgan fingerprint density at radius 1 is 1.32 bits per heavy atom. The molecule has 1 heterocycles. The molecule has 2 aromatic rings. The standard InChI is InChI=1S/C13H11F2NO2S/c1-5-3-4-7(14)8(9(5)15)11-6(2)10(16)12(19-11)13(17)18/h3-4H,16H2,1-2H3,(H,17,18). The molecule has 2 rings (SSSR count). The van der Waals surface area contributed by atoms with E-state index in [4.69, 9.17) is 10.8 Å². The number of carboxylic acids is 1. The molecule has 3 N–H and O–H groups in total. The molecule has 1 aromatic heterocycles. The van der Waals surface area contributed by atoms with Crippen LogP contribution in [0.25, 0.3) is 10.4 Å². The van der Waals surface area contributed by atoms with Gasteiger partial charge in [0.25, 0.3) is 0 Å². The summed E-state index contributed by atoms with van der Waals surface area (Å²) >= 11 is 0.780. The lowest BCUT2D eigenvalue weighted by atomic mass is 10.1. The molecule has 0 aliphatic heterocycles. The summed E-state index contributed by atoms with van der Waals surface area (Å²) in [5.74, 6) is -2.63. The predicted molar refractivity (Wildman–Crippen MR) is 70.5 cm³/mol. The van der Waals surface area contributed by atoms with Crippen LogP contribution in [0.2, 0.25) is 0 Å². The number of halogens is 2. The molecular formula is C13H11F2NO2S. The van der Waals surface area contributed by atoms with Crippen LogP contribution in [0.3, 0.4) is 0 Å². The molecule has 1 aromatic carbocycles. The van der Waals surface area contributed by atoms with Crippen molar-refractivity contribution in [2.24, 2.45) is 0 Å². The van der Waals surface area contributed by atoms with E-state index in [2.05, 4.69) is 0 Å². The highest BCUT2D eigenvalue weighted by Gasteiger charge is 2.23. The van der Waals surface area contributed by atoms with Gasteiger partial charge < -0.3 is 10.8 Å². The minimum atomic E-state index is -1.20. The van der Waals surface area contributed by atoms with E-state index in [1.54, 1.807) is 6.92 Å². The Morgan fingerprint density at radius 3 is 2.47 bits per heavy atom. The average Bonchev–Trinajstić information content (AvgIpc) is 2.63. The Balaban J connectivity index is 2.77. The van der Waals surface area contributed by atoms with Gasteiger partial charge in [0, 0.05) is 4.88 Å². The number of benzene rings is 1. The van der Waals surface area contributed by atoms with Crippen molar-refractivity contribution < 1.29 is 18.7 Å². The molecular weight excluding hydrogens is 272 g/mol. The van der Waals surface area contributed by atoms with Gasteiger partial charge in [-0.2, -0.15) is 0 Å². The van der Waals surface area contributed by atoms with Gasteiger partial charge in [0.2, 0.25) is 0 Å². The number of carbonyl (C=O) groups is 1.